The summed E-state index contributed by atoms with van der Waals surface area (Å²) < 4.78 is 9.69. The minimum absolute atomic E-state index is 0.0192. The summed E-state index contributed by atoms with van der Waals surface area (Å²) in [6.07, 6.45) is 4.89. The molecule has 0 saturated heterocycles. The molecule has 0 radical (unpaired) electrons. The Morgan fingerprint density at radius 2 is 1.68 bits per heavy atom. The van der Waals surface area contributed by atoms with Gasteiger partial charge < -0.3 is 9.47 Å². The highest BCUT2D eigenvalue weighted by molar-refractivity contribution is 6.02. The Morgan fingerprint density at radius 1 is 1.00 bits per heavy atom. The van der Waals surface area contributed by atoms with Crippen LogP contribution in [0.2, 0.25) is 0 Å². The van der Waals surface area contributed by atoms with Crippen molar-refractivity contribution in [1.29, 1.82) is 0 Å². The molecule has 0 aliphatic heterocycles. The fourth-order valence-corrected chi connectivity index (χ4v) is 6.06. The molecule has 2 aromatic carbocycles. The summed E-state index contributed by atoms with van der Waals surface area (Å²) in [5, 5.41) is 0. The first-order valence-electron chi connectivity index (χ1n) is 13.8. The van der Waals surface area contributed by atoms with E-state index in [1.54, 1.807) is 21.3 Å². The SMILES string of the molecule is CCCC(CC1CC(=O)c2c(C)ccc(-c3ccc(OC)c(C)c3)c2C1)C(CC)C(=O)CC(C)=O.COC. The zero-order chi connectivity index (χ0) is 28.4. The fraction of sp³-hybridized carbons (Fsp3) is 0.545. The number of hydrogen-bond donors (Lipinski definition) is 0. The van der Waals surface area contributed by atoms with Crippen LogP contribution >= 0.6 is 0 Å². The van der Waals surface area contributed by atoms with Gasteiger partial charge in [-0.2, -0.15) is 0 Å². The van der Waals surface area contributed by atoms with E-state index in [0.29, 0.717) is 6.42 Å². The summed E-state index contributed by atoms with van der Waals surface area (Å²) in [6.45, 7) is 9.73. The molecule has 3 atom stereocenters. The Kier molecular flexibility index (Phi) is 12.4. The molecule has 1 aliphatic rings. The molecule has 0 N–H and O–H groups in total. The maximum atomic E-state index is 13.4. The zero-order valence-corrected chi connectivity index (χ0v) is 24.6. The second-order valence-corrected chi connectivity index (χ2v) is 10.7. The van der Waals surface area contributed by atoms with E-state index in [0.717, 1.165) is 71.2 Å². The van der Waals surface area contributed by atoms with Gasteiger partial charge in [-0.25, -0.2) is 0 Å². The smallest absolute Gasteiger partial charge is 0.163 e. The summed E-state index contributed by atoms with van der Waals surface area (Å²) in [5.41, 5.74) is 6.32. The van der Waals surface area contributed by atoms with Crippen LogP contribution in [0.3, 0.4) is 0 Å². The third-order valence-electron chi connectivity index (χ3n) is 7.61. The van der Waals surface area contributed by atoms with E-state index in [2.05, 4.69) is 35.9 Å². The quantitative estimate of drug-likeness (QED) is 0.288. The molecule has 0 heterocycles. The van der Waals surface area contributed by atoms with E-state index in [4.69, 9.17) is 4.74 Å². The lowest BCUT2D eigenvalue weighted by atomic mass is 9.71. The molecule has 0 aromatic heterocycles. The number of rotatable bonds is 11. The third-order valence-corrected chi connectivity index (χ3v) is 7.61. The molecule has 1 aliphatic carbocycles. The number of fused-ring (bicyclic) bond motifs is 1. The van der Waals surface area contributed by atoms with E-state index >= 15 is 0 Å². The van der Waals surface area contributed by atoms with Crippen molar-refractivity contribution in [3.05, 3.63) is 52.6 Å². The van der Waals surface area contributed by atoms with Crippen LogP contribution in [-0.2, 0) is 20.7 Å². The van der Waals surface area contributed by atoms with E-state index < -0.39 is 0 Å². The van der Waals surface area contributed by atoms with Gasteiger partial charge in [0.15, 0.2) is 5.78 Å². The first-order valence-corrected chi connectivity index (χ1v) is 13.8. The number of ether oxygens (including phenoxy) is 2. The van der Waals surface area contributed by atoms with Crippen molar-refractivity contribution in [3.8, 4) is 16.9 Å². The standard InChI is InChI=1S/C31H40O4.C2H6O/c1-7-9-23(25(8-2)28(33)15-21(5)32)16-22-17-27-26(12-10-19(3)31(27)29(34)18-22)24-11-13-30(35-6)20(4)14-24;1-3-2/h10-14,22-23,25H,7-9,15-18H2,1-6H3;1-2H3. The molecule has 3 unspecified atom stereocenters. The van der Waals surface area contributed by atoms with E-state index in [1.807, 2.05) is 26.8 Å². The molecular formula is C33H46O5. The fourth-order valence-electron chi connectivity index (χ4n) is 6.06. The van der Waals surface area contributed by atoms with Crippen molar-refractivity contribution in [2.24, 2.45) is 17.8 Å². The number of carbonyl (C=O) groups is 3. The number of hydrogen-bond acceptors (Lipinski definition) is 5. The zero-order valence-electron chi connectivity index (χ0n) is 24.6. The number of benzene rings is 2. The van der Waals surface area contributed by atoms with Gasteiger partial charge in [0.2, 0.25) is 0 Å². The number of Topliss-reactive ketones (excluding diaryl/α,β-unsaturated/α-hetero) is 3. The van der Waals surface area contributed by atoms with Crippen molar-refractivity contribution < 1.29 is 23.9 Å². The van der Waals surface area contributed by atoms with E-state index in [9.17, 15) is 14.4 Å². The minimum atomic E-state index is -0.114. The first kappa shape index (κ1) is 31.4. The average molecular weight is 523 g/mol. The monoisotopic (exact) mass is 522 g/mol. The normalized spacial score (nSPS) is 16.1. The molecule has 38 heavy (non-hydrogen) atoms. The Hall–Kier alpha value is -2.79. The summed E-state index contributed by atoms with van der Waals surface area (Å²) in [4.78, 5) is 37.9. The Bertz CT molecular complexity index is 1120. The summed E-state index contributed by atoms with van der Waals surface area (Å²) in [7, 11) is 4.93. The lowest BCUT2D eigenvalue weighted by molar-refractivity contribution is -0.129. The molecule has 0 spiro atoms. The van der Waals surface area contributed by atoms with Crippen LogP contribution in [-0.4, -0.2) is 38.7 Å². The lowest BCUT2D eigenvalue weighted by Crippen LogP contribution is -2.30. The second-order valence-electron chi connectivity index (χ2n) is 10.7. The highest BCUT2D eigenvalue weighted by atomic mass is 16.5. The summed E-state index contributed by atoms with van der Waals surface area (Å²) >= 11 is 0. The number of methoxy groups -OCH3 is 2. The lowest BCUT2D eigenvalue weighted by Gasteiger charge is -2.32. The van der Waals surface area contributed by atoms with Crippen molar-refractivity contribution in [1.82, 2.24) is 0 Å². The highest BCUT2D eigenvalue weighted by Gasteiger charge is 2.34. The topological polar surface area (TPSA) is 69.7 Å². The molecule has 0 bridgehead atoms. The molecule has 3 rings (SSSR count). The van der Waals surface area contributed by atoms with Crippen LogP contribution in [0.15, 0.2) is 30.3 Å². The van der Waals surface area contributed by atoms with Crippen molar-refractivity contribution >= 4 is 17.3 Å². The van der Waals surface area contributed by atoms with Crippen molar-refractivity contribution in [3.63, 3.8) is 0 Å². The van der Waals surface area contributed by atoms with Crippen LogP contribution < -0.4 is 4.74 Å². The summed E-state index contributed by atoms with van der Waals surface area (Å²) in [6, 6.07) is 10.4. The van der Waals surface area contributed by atoms with Gasteiger partial charge in [-0.15, -0.1) is 0 Å². The Balaban J connectivity index is 0.00000161. The maximum absolute atomic E-state index is 13.4. The summed E-state index contributed by atoms with van der Waals surface area (Å²) in [5.74, 6) is 1.34. The van der Waals surface area contributed by atoms with Gasteiger partial charge in [-0.3, -0.25) is 14.4 Å². The number of carbonyl (C=O) groups excluding carboxylic acids is 3. The molecule has 0 fully saturated rings. The second kappa shape index (κ2) is 15.0. The molecular weight excluding hydrogens is 476 g/mol. The molecule has 5 heteroatoms. The molecule has 0 amide bonds. The van der Waals surface area contributed by atoms with Crippen LogP contribution in [0.5, 0.6) is 5.75 Å². The largest absolute Gasteiger partial charge is 0.496 e. The van der Waals surface area contributed by atoms with Gasteiger partial charge in [0.05, 0.1) is 13.5 Å². The van der Waals surface area contributed by atoms with Crippen LogP contribution in [0.4, 0.5) is 0 Å². The van der Waals surface area contributed by atoms with Crippen LogP contribution in [0.1, 0.15) is 86.3 Å². The Morgan fingerprint density at radius 3 is 2.24 bits per heavy atom. The number of aryl methyl sites for hydroxylation is 2. The molecule has 208 valence electrons. The first-order chi connectivity index (χ1) is 18.1. The predicted octanol–water partition coefficient (Wildman–Crippen LogP) is 7.37. The minimum Gasteiger partial charge on any atom is -0.496 e. The van der Waals surface area contributed by atoms with Gasteiger partial charge in [0, 0.05) is 32.1 Å². The van der Waals surface area contributed by atoms with Gasteiger partial charge in [-0.1, -0.05) is 44.9 Å². The average Bonchev–Trinajstić information content (AvgIpc) is 2.84. The Labute approximate surface area is 229 Å². The highest BCUT2D eigenvalue weighted by Crippen LogP contribution is 2.40. The van der Waals surface area contributed by atoms with Crippen molar-refractivity contribution in [2.75, 3.05) is 21.3 Å². The van der Waals surface area contributed by atoms with Crippen molar-refractivity contribution in [2.45, 2.75) is 79.6 Å². The van der Waals surface area contributed by atoms with E-state index in [1.165, 1.54) is 6.92 Å². The van der Waals surface area contributed by atoms with Crippen LogP contribution in [0, 0.1) is 31.6 Å². The van der Waals surface area contributed by atoms with Gasteiger partial charge in [-0.05, 0) is 91.8 Å². The predicted molar refractivity (Wildman–Crippen MR) is 154 cm³/mol. The molecule has 2 aromatic rings. The maximum Gasteiger partial charge on any atom is 0.163 e. The van der Waals surface area contributed by atoms with Gasteiger partial charge in [0.25, 0.3) is 0 Å². The van der Waals surface area contributed by atoms with Gasteiger partial charge in [0.1, 0.15) is 17.3 Å². The number of ketones is 3. The molecule has 0 saturated carbocycles. The molecule has 5 nitrogen and oxygen atoms in total. The van der Waals surface area contributed by atoms with Gasteiger partial charge >= 0.3 is 0 Å². The van der Waals surface area contributed by atoms with Crippen LogP contribution in [0.25, 0.3) is 11.1 Å². The third kappa shape index (κ3) is 7.86. The van der Waals surface area contributed by atoms with E-state index in [-0.39, 0.29) is 41.5 Å².